The van der Waals surface area contributed by atoms with Gasteiger partial charge in [-0.25, -0.2) is 0 Å². The Morgan fingerprint density at radius 3 is 2.50 bits per heavy atom. The largest absolute Gasteiger partial charge is 0.313 e. The molecule has 1 aromatic rings. The van der Waals surface area contributed by atoms with Crippen LogP contribution in [0.15, 0.2) is 36.9 Å². The maximum absolute atomic E-state index is 3.79. The number of nitrogens with one attached hydrogen (secondary N) is 1. The fourth-order valence-electron chi connectivity index (χ4n) is 2.41. The molecule has 0 bridgehead atoms. The third-order valence-corrected chi connectivity index (χ3v) is 3.39. The van der Waals surface area contributed by atoms with E-state index in [4.69, 9.17) is 0 Å². The maximum Gasteiger partial charge on any atom is 0.0320 e. The average molecular weight is 245 g/mol. The van der Waals surface area contributed by atoms with Gasteiger partial charge in [0.05, 0.1) is 0 Å². The van der Waals surface area contributed by atoms with Crippen LogP contribution in [0.25, 0.3) is 0 Å². The van der Waals surface area contributed by atoms with Gasteiger partial charge in [-0.05, 0) is 42.9 Å². The molecule has 0 saturated heterocycles. The van der Waals surface area contributed by atoms with E-state index < -0.39 is 0 Å². The summed E-state index contributed by atoms with van der Waals surface area (Å²) < 4.78 is 0. The molecule has 18 heavy (non-hydrogen) atoms. The van der Waals surface area contributed by atoms with E-state index >= 15 is 0 Å². The summed E-state index contributed by atoms with van der Waals surface area (Å²) in [7, 11) is 2.05. The Morgan fingerprint density at radius 1 is 1.28 bits per heavy atom. The van der Waals surface area contributed by atoms with E-state index in [9.17, 15) is 0 Å². The first-order valence-corrected chi connectivity index (χ1v) is 6.88. The zero-order valence-corrected chi connectivity index (χ0v) is 12.3. The minimum Gasteiger partial charge on any atom is -0.313 e. The number of hydrogen-bond acceptors (Lipinski definition) is 1. The Labute approximate surface area is 112 Å². The van der Waals surface area contributed by atoms with Crippen molar-refractivity contribution in [3.8, 4) is 0 Å². The van der Waals surface area contributed by atoms with Gasteiger partial charge in [0.2, 0.25) is 0 Å². The molecule has 1 atom stereocenters. The summed E-state index contributed by atoms with van der Waals surface area (Å²) in [6.45, 7) is 10.6. The molecule has 0 saturated carbocycles. The van der Waals surface area contributed by atoms with Gasteiger partial charge in [-0.1, -0.05) is 51.1 Å². The van der Waals surface area contributed by atoms with E-state index in [-0.39, 0.29) is 5.41 Å². The second-order valence-corrected chi connectivity index (χ2v) is 5.90. The molecule has 0 radical (unpaired) electrons. The van der Waals surface area contributed by atoms with Crippen molar-refractivity contribution in [3.63, 3.8) is 0 Å². The van der Waals surface area contributed by atoms with Crippen LogP contribution < -0.4 is 5.32 Å². The highest BCUT2D eigenvalue weighted by molar-refractivity contribution is 5.35. The molecule has 1 unspecified atom stereocenters. The van der Waals surface area contributed by atoms with Gasteiger partial charge in [0.25, 0.3) is 0 Å². The van der Waals surface area contributed by atoms with Crippen molar-refractivity contribution in [1.29, 1.82) is 0 Å². The van der Waals surface area contributed by atoms with Crippen LogP contribution >= 0.6 is 0 Å². The lowest BCUT2D eigenvalue weighted by Gasteiger charge is -2.27. The molecule has 1 N–H and O–H groups in total. The molecule has 0 amide bonds. The van der Waals surface area contributed by atoms with Crippen molar-refractivity contribution in [3.05, 3.63) is 48.0 Å². The van der Waals surface area contributed by atoms with Crippen molar-refractivity contribution in [2.45, 2.75) is 51.5 Å². The number of rotatable bonds is 6. The number of allylic oxidation sites excluding steroid dienone is 1. The van der Waals surface area contributed by atoms with E-state index in [1.165, 1.54) is 17.5 Å². The summed E-state index contributed by atoms with van der Waals surface area (Å²) in [4.78, 5) is 0. The second-order valence-electron chi connectivity index (χ2n) is 5.90. The molecule has 0 heterocycles. The smallest absolute Gasteiger partial charge is 0.0320 e. The fourth-order valence-corrected chi connectivity index (χ4v) is 2.41. The van der Waals surface area contributed by atoms with Gasteiger partial charge in [0, 0.05) is 6.04 Å². The van der Waals surface area contributed by atoms with Gasteiger partial charge >= 0.3 is 0 Å². The molecule has 0 aliphatic carbocycles. The normalized spacial score (nSPS) is 13.3. The molecule has 0 spiro atoms. The highest BCUT2D eigenvalue weighted by Gasteiger charge is 2.21. The van der Waals surface area contributed by atoms with Crippen LogP contribution in [0.3, 0.4) is 0 Å². The maximum atomic E-state index is 3.79. The Bertz CT molecular complexity index is 373. The van der Waals surface area contributed by atoms with Gasteiger partial charge in [0.15, 0.2) is 0 Å². The lowest BCUT2D eigenvalue weighted by molar-refractivity contribution is 0.504. The zero-order valence-electron chi connectivity index (χ0n) is 12.3. The molecule has 0 aliphatic heterocycles. The summed E-state index contributed by atoms with van der Waals surface area (Å²) in [5, 5.41) is 3.46. The standard InChI is InChI=1S/C17H27N/c1-6-7-8-13-16(18-5)14-11-9-10-12-15(14)17(2,3)4/h6,9-12,16,18H,1,7-8,13H2,2-5H3. The van der Waals surface area contributed by atoms with E-state index in [1.807, 2.05) is 6.08 Å². The minimum atomic E-state index is 0.199. The van der Waals surface area contributed by atoms with Gasteiger partial charge in [-0.2, -0.15) is 0 Å². The summed E-state index contributed by atoms with van der Waals surface area (Å²) in [5.41, 5.74) is 3.09. The first-order valence-electron chi connectivity index (χ1n) is 6.88. The first kappa shape index (κ1) is 15.0. The molecule has 0 fully saturated rings. The number of unbranched alkanes of at least 4 members (excludes halogenated alkanes) is 1. The van der Waals surface area contributed by atoms with Crippen molar-refractivity contribution >= 4 is 0 Å². The van der Waals surface area contributed by atoms with Crippen LogP contribution in [0.1, 0.15) is 57.2 Å². The minimum absolute atomic E-state index is 0.199. The van der Waals surface area contributed by atoms with E-state index in [2.05, 4.69) is 64.0 Å². The Kier molecular flexibility index (Phi) is 5.61. The Hall–Kier alpha value is -1.08. The average Bonchev–Trinajstić information content (AvgIpc) is 2.34. The molecule has 1 nitrogen and oxygen atoms in total. The van der Waals surface area contributed by atoms with E-state index in [0.717, 1.165) is 12.8 Å². The van der Waals surface area contributed by atoms with Gasteiger partial charge in [-0.15, -0.1) is 6.58 Å². The second kappa shape index (κ2) is 6.75. The predicted octanol–water partition coefficient (Wildman–Crippen LogP) is 4.60. The van der Waals surface area contributed by atoms with E-state index in [1.54, 1.807) is 0 Å². The third-order valence-electron chi connectivity index (χ3n) is 3.39. The molecule has 100 valence electrons. The molecule has 1 rings (SSSR count). The molecule has 0 aliphatic rings. The molecule has 0 aromatic heterocycles. The lowest BCUT2D eigenvalue weighted by Crippen LogP contribution is -2.22. The number of benzene rings is 1. The van der Waals surface area contributed by atoms with Gasteiger partial charge in [0.1, 0.15) is 0 Å². The van der Waals surface area contributed by atoms with Crippen LogP contribution in [0.4, 0.5) is 0 Å². The molecule has 1 aromatic carbocycles. The first-order chi connectivity index (χ1) is 8.50. The third kappa shape index (κ3) is 3.99. The van der Waals surface area contributed by atoms with Crippen LogP contribution in [0.2, 0.25) is 0 Å². The van der Waals surface area contributed by atoms with Crippen LogP contribution in [0.5, 0.6) is 0 Å². The summed E-state index contributed by atoms with van der Waals surface area (Å²) >= 11 is 0. The number of hydrogen-bond donors (Lipinski definition) is 1. The van der Waals surface area contributed by atoms with Gasteiger partial charge < -0.3 is 5.32 Å². The summed E-state index contributed by atoms with van der Waals surface area (Å²) in [6, 6.07) is 9.24. The van der Waals surface area contributed by atoms with Crippen LogP contribution in [-0.4, -0.2) is 7.05 Å². The van der Waals surface area contributed by atoms with Crippen LogP contribution in [0, 0.1) is 0 Å². The summed E-state index contributed by atoms with van der Waals surface area (Å²) in [6.07, 6.45) is 5.45. The molecular formula is C17H27N. The Morgan fingerprint density at radius 2 is 1.94 bits per heavy atom. The SMILES string of the molecule is C=CCCCC(NC)c1ccccc1C(C)(C)C. The zero-order chi connectivity index (χ0) is 13.6. The van der Waals surface area contributed by atoms with Crippen molar-refractivity contribution < 1.29 is 0 Å². The topological polar surface area (TPSA) is 12.0 Å². The van der Waals surface area contributed by atoms with Crippen molar-refractivity contribution in [2.24, 2.45) is 0 Å². The van der Waals surface area contributed by atoms with Crippen LogP contribution in [-0.2, 0) is 5.41 Å². The highest BCUT2D eigenvalue weighted by Crippen LogP contribution is 2.31. The fraction of sp³-hybridized carbons (Fsp3) is 0.529. The van der Waals surface area contributed by atoms with Gasteiger partial charge in [-0.3, -0.25) is 0 Å². The highest BCUT2D eigenvalue weighted by atomic mass is 14.9. The summed E-state index contributed by atoms with van der Waals surface area (Å²) in [5.74, 6) is 0. The lowest BCUT2D eigenvalue weighted by atomic mass is 9.81. The monoisotopic (exact) mass is 245 g/mol. The van der Waals surface area contributed by atoms with E-state index in [0.29, 0.717) is 6.04 Å². The molecular weight excluding hydrogens is 218 g/mol. The van der Waals surface area contributed by atoms with Crippen molar-refractivity contribution in [2.75, 3.05) is 7.05 Å². The molecule has 1 heteroatoms. The quantitative estimate of drug-likeness (QED) is 0.570. The Balaban J connectivity index is 2.94. The van der Waals surface area contributed by atoms with Crippen molar-refractivity contribution in [1.82, 2.24) is 5.32 Å². The predicted molar refractivity (Wildman–Crippen MR) is 81.0 cm³/mol.